The van der Waals surface area contributed by atoms with Gasteiger partial charge < -0.3 is 25.0 Å². The minimum Gasteiger partial charge on any atom is -0.444 e. The van der Waals surface area contributed by atoms with Crippen LogP contribution in [0.5, 0.6) is 0 Å². The Morgan fingerprint density at radius 3 is 2.42 bits per heavy atom. The number of nitrogens with one attached hydrogen (secondary N) is 1. The SMILES string of the molecule is C[C@H]1C[C@H](Nc2nc(N3CCC(C(C)(C)O)CC3)c3cnn(-c4cccc(C(F)(F)F)c4)c3n2)CN1C(=O)OC(C)(C)C. The summed E-state index contributed by atoms with van der Waals surface area (Å²) in [6, 6.07) is 4.73. The third kappa shape index (κ3) is 6.81. The summed E-state index contributed by atoms with van der Waals surface area (Å²) in [7, 11) is 0. The van der Waals surface area contributed by atoms with Crippen molar-refractivity contribution in [3.8, 4) is 5.69 Å². The summed E-state index contributed by atoms with van der Waals surface area (Å²) in [6.45, 7) is 12.7. The first kappa shape index (κ1) is 30.8. The first-order valence-electron chi connectivity index (χ1n) is 14.7. The second-order valence-electron chi connectivity index (χ2n) is 13.2. The Balaban J connectivity index is 1.49. The van der Waals surface area contributed by atoms with Crippen LogP contribution in [0.25, 0.3) is 16.7 Å². The van der Waals surface area contributed by atoms with E-state index in [4.69, 9.17) is 14.7 Å². The highest BCUT2D eigenvalue weighted by atomic mass is 19.4. The van der Waals surface area contributed by atoms with Crippen LogP contribution in [0.1, 0.15) is 66.4 Å². The number of amides is 1. The van der Waals surface area contributed by atoms with Gasteiger partial charge in [0.05, 0.1) is 28.4 Å². The number of ether oxygens (including phenoxy) is 1. The van der Waals surface area contributed by atoms with Gasteiger partial charge in [-0.1, -0.05) is 6.07 Å². The van der Waals surface area contributed by atoms with Gasteiger partial charge in [-0.05, 0) is 84.9 Å². The molecule has 0 bridgehead atoms. The summed E-state index contributed by atoms with van der Waals surface area (Å²) in [5.41, 5.74) is -1.60. The highest BCUT2D eigenvalue weighted by Crippen LogP contribution is 2.35. The first-order valence-corrected chi connectivity index (χ1v) is 14.7. The largest absolute Gasteiger partial charge is 0.444 e. The summed E-state index contributed by atoms with van der Waals surface area (Å²) in [5, 5.41) is 19.0. The predicted octanol–water partition coefficient (Wildman–Crippen LogP) is 5.63. The number of carbonyl (C=O) groups is 1. The Labute approximate surface area is 249 Å². The second-order valence-corrected chi connectivity index (χ2v) is 13.2. The zero-order chi connectivity index (χ0) is 31.3. The van der Waals surface area contributed by atoms with Crippen molar-refractivity contribution in [2.75, 3.05) is 29.9 Å². The van der Waals surface area contributed by atoms with Gasteiger partial charge >= 0.3 is 12.3 Å². The molecule has 0 radical (unpaired) electrons. The van der Waals surface area contributed by atoms with Crippen LogP contribution in [0.3, 0.4) is 0 Å². The Hall–Kier alpha value is -3.61. The molecule has 10 nitrogen and oxygen atoms in total. The number of aromatic nitrogens is 4. The number of hydrogen-bond donors (Lipinski definition) is 2. The number of carbonyl (C=O) groups excluding carboxylic acids is 1. The summed E-state index contributed by atoms with van der Waals surface area (Å²) in [4.78, 5) is 26.2. The first-order chi connectivity index (χ1) is 20.0. The van der Waals surface area contributed by atoms with Gasteiger partial charge in [-0.25, -0.2) is 9.48 Å². The number of benzene rings is 1. The van der Waals surface area contributed by atoms with Crippen molar-refractivity contribution in [1.82, 2.24) is 24.6 Å². The molecule has 1 aromatic carbocycles. The second kappa shape index (κ2) is 11.1. The fourth-order valence-electron chi connectivity index (χ4n) is 5.89. The molecule has 0 unspecified atom stereocenters. The molecule has 2 aromatic heterocycles. The monoisotopic (exact) mass is 603 g/mol. The van der Waals surface area contributed by atoms with Gasteiger partial charge in [0, 0.05) is 31.7 Å². The van der Waals surface area contributed by atoms with Crippen molar-refractivity contribution in [2.24, 2.45) is 5.92 Å². The van der Waals surface area contributed by atoms with E-state index in [-0.39, 0.29) is 23.7 Å². The van der Waals surface area contributed by atoms with Crippen LogP contribution in [0.4, 0.5) is 29.7 Å². The third-order valence-corrected chi connectivity index (χ3v) is 8.16. The lowest BCUT2D eigenvalue weighted by molar-refractivity contribution is -0.137. The number of likely N-dealkylation sites (tertiary alicyclic amines) is 1. The lowest BCUT2D eigenvalue weighted by Crippen LogP contribution is -2.42. The summed E-state index contributed by atoms with van der Waals surface area (Å²) in [5.74, 6) is 1.05. The number of aliphatic hydroxyl groups is 1. The predicted molar refractivity (Wildman–Crippen MR) is 157 cm³/mol. The molecule has 4 heterocycles. The third-order valence-electron chi connectivity index (χ3n) is 8.16. The highest BCUT2D eigenvalue weighted by Gasteiger charge is 2.37. The lowest BCUT2D eigenvalue weighted by Gasteiger charge is -2.38. The van der Waals surface area contributed by atoms with Gasteiger partial charge in [0.25, 0.3) is 0 Å². The van der Waals surface area contributed by atoms with Crippen molar-refractivity contribution in [3.05, 3.63) is 36.0 Å². The number of nitrogens with zero attached hydrogens (tertiary/aromatic N) is 6. The minimum atomic E-state index is -4.50. The minimum absolute atomic E-state index is 0.0768. The molecular weight excluding hydrogens is 563 g/mol. The average Bonchev–Trinajstić information content (AvgIpc) is 3.49. The van der Waals surface area contributed by atoms with E-state index in [0.717, 1.165) is 25.0 Å². The summed E-state index contributed by atoms with van der Waals surface area (Å²) in [6.07, 6.45) is -1.16. The smallest absolute Gasteiger partial charge is 0.416 e. The number of fused-ring (bicyclic) bond motifs is 1. The van der Waals surface area contributed by atoms with E-state index in [1.807, 2.05) is 41.5 Å². The molecule has 0 saturated carbocycles. The maximum atomic E-state index is 13.5. The van der Waals surface area contributed by atoms with Gasteiger partial charge in [-0.15, -0.1) is 0 Å². The number of alkyl halides is 3. The molecule has 13 heteroatoms. The quantitative estimate of drug-likeness (QED) is 0.386. The molecule has 3 aromatic rings. The zero-order valence-electron chi connectivity index (χ0n) is 25.4. The Bertz CT molecular complexity index is 1470. The van der Waals surface area contributed by atoms with Crippen LogP contribution in [-0.4, -0.2) is 78.8 Å². The van der Waals surface area contributed by atoms with Crippen molar-refractivity contribution >= 4 is 28.9 Å². The molecule has 0 spiro atoms. The molecule has 2 fully saturated rings. The lowest BCUT2D eigenvalue weighted by atomic mass is 9.83. The van der Waals surface area contributed by atoms with E-state index in [0.29, 0.717) is 48.9 Å². The van der Waals surface area contributed by atoms with Gasteiger partial charge in [0.2, 0.25) is 5.95 Å². The molecule has 5 rings (SSSR count). The van der Waals surface area contributed by atoms with E-state index >= 15 is 0 Å². The van der Waals surface area contributed by atoms with Crippen molar-refractivity contribution in [2.45, 2.75) is 90.3 Å². The number of anilines is 2. The van der Waals surface area contributed by atoms with Crippen molar-refractivity contribution < 1.29 is 27.8 Å². The molecule has 234 valence electrons. The van der Waals surface area contributed by atoms with Gasteiger partial charge in [-0.3, -0.25) is 0 Å². The maximum Gasteiger partial charge on any atom is 0.416 e. The number of hydrogen-bond acceptors (Lipinski definition) is 8. The number of halogens is 3. The van der Waals surface area contributed by atoms with Crippen LogP contribution in [0.15, 0.2) is 30.5 Å². The fourth-order valence-corrected chi connectivity index (χ4v) is 5.89. The molecule has 2 aliphatic rings. The topological polar surface area (TPSA) is 109 Å². The molecule has 43 heavy (non-hydrogen) atoms. The van der Waals surface area contributed by atoms with E-state index in [1.165, 1.54) is 10.7 Å². The summed E-state index contributed by atoms with van der Waals surface area (Å²) < 4.78 is 47.5. The zero-order valence-corrected chi connectivity index (χ0v) is 25.4. The Kier molecular flexibility index (Phi) is 7.99. The van der Waals surface area contributed by atoms with Gasteiger partial charge in [0.1, 0.15) is 11.4 Å². The molecule has 2 saturated heterocycles. The summed E-state index contributed by atoms with van der Waals surface area (Å²) >= 11 is 0. The van der Waals surface area contributed by atoms with Crippen LogP contribution in [0, 0.1) is 5.92 Å². The number of piperidine rings is 1. The standard InChI is InChI=1S/C30H40F3N7O3/c1-18-14-21(17-39(18)27(41)43-28(2,3)4)35-26-36-24(38-12-10-19(11-13-38)29(5,6)42)23-16-34-40(25(23)37-26)22-9-7-8-20(15-22)30(31,32)33/h7-9,15-16,18-19,21,42H,10-14,17H2,1-6H3,(H,35,36,37)/t18-,21-/m0/s1. The molecule has 1 amide bonds. The van der Waals surface area contributed by atoms with Crippen molar-refractivity contribution in [1.29, 1.82) is 0 Å². The van der Waals surface area contributed by atoms with Crippen LogP contribution < -0.4 is 10.2 Å². The van der Waals surface area contributed by atoms with Crippen LogP contribution in [-0.2, 0) is 10.9 Å². The van der Waals surface area contributed by atoms with E-state index in [1.54, 1.807) is 17.2 Å². The molecule has 0 aliphatic carbocycles. The molecule has 2 aliphatic heterocycles. The molecular formula is C30H40F3N7O3. The highest BCUT2D eigenvalue weighted by molar-refractivity contribution is 5.89. The molecule has 2 N–H and O–H groups in total. The molecule has 2 atom stereocenters. The van der Waals surface area contributed by atoms with Crippen LogP contribution in [0.2, 0.25) is 0 Å². The Morgan fingerprint density at radius 1 is 1.09 bits per heavy atom. The van der Waals surface area contributed by atoms with Crippen molar-refractivity contribution in [3.63, 3.8) is 0 Å². The van der Waals surface area contributed by atoms with E-state index < -0.39 is 29.0 Å². The number of rotatable bonds is 5. The van der Waals surface area contributed by atoms with E-state index in [2.05, 4.69) is 15.3 Å². The van der Waals surface area contributed by atoms with Crippen LogP contribution >= 0.6 is 0 Å². The normalized spacial score (nSPS) is 20.6. The van der Waals surface area contributed by atoms with E-state index in [9.17, 15) is 23.1 Å². The maximum absolute atomic E-state index is 13.5. The average molecular weight is 604 g/mol. The van der Waals surface area contributed by atoms with Gasteiger partial charge in [0.15, 0.2) is 5.65 Å². The fraction of sp³-hybridized carbons (Fsp3) is 0.600. The Morgan fingerprint density at radius 2 is 1.79 bits per heavy atom. The van der Waals surface area contributed by atoms with Gasteiger partial charge in [-0.2, -0.15) is 28.2 Å².